The van der Waals surface area contributed by atoms with Crippen LogP contribution in [0.3, 0.4) is 0 Å². The second-order valence-electron chi connectivity index (χ2n) is 4.81. The zero-order chi connectivity index (χ0) is 13.2. The summed E-state index contributed by atoms with van der Waals surface area (Å²) in [5, 5.41) is 2.86. The number of rotatable bonds is 9. The van der Waals surface area contributed by atoms with Crippen molar-refractivity contribution in [3.63, 3.8) is 0 Å². The third kappa shape index (κ3) is 6.61. The van der Waals surface area contributed by atoms with E-state index in [-0.39, 0.29) is 11.9 Å². The van der Waals surface area contributed by atoms with Crippen LogP contribution in [0.15, 0.2) is 0 Å². The van der Waals surface area contributed by atoms with E-state index in [9.17, 15) is 4.79 Å². The number of nitrogens with two attached hydrogens (primary N) is 1. The predicted octanol–water partition coefficient (Wildman–Crippen LogP) is 1.53. The lowest BCUT2D eigenvalue weighted by Crippen LogP contribution is -2.41. The van der Waals surface area contributed by atoms with Gasteiger partial charge in [-0.3, -0.25) is 4.79 Å². The lowest BCUT2D eigenvalue weighted by Gasteiger charge is -2.13. The molecule has 106 valence electrons. The molecular weight excluding hydrogens is 248 g/mol. The fourth-order valence-electron chi connectivity index (χ4n) is 2.10. The van der Waals surface area contributed by atoms with Gasteiger partial charge in [-0.1, -0.05) is 12.8 Å². The lowest BCUT2D eigenvalue weighted by molar-refractivity contribution is -0.122. The molecule has 1 aliphatic rings. The van der Waals surface area contributed by atoms with Crippen molar-refractivity contribution in [3.8, 4) is 0 Å². The molecular formula is C13H26N2O2S. The van der Waals surface area contributed by atoms with E-state index in [1.807, 2.05) is 6.26 Å². The molecule has 0 aromatic rings. The SMILES string of the molecule is CSCC[C@H](N)C(=O)NCCCOC1CCCC1. The van der Waals surface area contributed by atoms with Crippen LogP contribution in [0.2, 0.25) is 0 Å². The van der Waals surface area contributed by atoms with Crippen LogP contribution in [0.4, 0.5) is 0 Å². The molecule has 0 aliphatic heterocycles. The van der Waals surface area contributed by atoms with Gasteiger partial charge in [0, 0.05) is 13.2 Å². The van der Waals surface area contributed by atoms with Crippen LogP contribution < -0.4 is 11.1 Å². The maximum absolute atomic E-state index is 11.6. The summed E-state index contributed by atoms with van der Waals surface area (Å²) in [5.41, 5.74) is 5.76. The molecule has 1 rings (SSSR count). The quantitative estimate of drug-likeness (QED) is 0.626. The zero-order valence-corrected chi connectivity index (χ0v) is 12.1. The molecule has 1 amide bonds. The third-order valence-corrected chi connectivity index (χ3v) is 3.89. The summed E-state index contributed by atoms with van der Waals surface area (Å²) < 4.78 is 5.72. The average molecular weight is 274 g/mol. The molecule has 0 aromatic heterocycles. The maximum Gasteiger partial charge on any atom is 0.236 e. The van der Waals surface area contributed by atoms with Gasteiger partial charge in [-0.25, -0.2) is 0 Å². The molecule has 0 bridgehead atoms. The second kappa shape index (κ2) is 9.64. The third-order valence-electron chi connectivity index (χ3n) is 3.25. The molecule has 0 aromatic carbocycles. The Balaban J connectivity index is 1.94. The van der Waals surface area contributed by atoms with Gasteiger partial charge in [-0.15, -0.1) is 0 Å². The van der Waals surface area contributed by atoms with Gasteiger partial charge in [0.15, 0.2) is 0 Å². The number of amides is 1. The topological polar surface area (TPSA) is 64.4 Å². The molecule has 0 unspecified atom stereocenters. The van der Waals surface area contributed by atoms with Crippen molar-refractivity contribution in [2.75, 3.05) is 25.2 Å². The minimum absolute atomic E-state index is 0.0371. The number of carbonyl (C=O) groups excluding carboxylic acids is 1. The van der Waals surface area contributed by atoms with E-state index in [2.05, 4.69) is 5.32 Å². The van der Waals surface area contributed by atoms with E-state index in [1.165, 1.54) is 25.7 Å². The molecule has 0 heterocycles. The van der Waals surface area contributed by atoms with Crippen molar-refractivity contribution in [2.24, 2.45) is 5.73 Å². The number of carbonyl (C=O) groups is 1. The van der Waals surface area contributed by atoms with Crippen LogP contribution in [-0.2, 0) is 9.53 Å². The fraction of sp³-hybridized carbons (Fsp3) is 0.923. The van der Waals surface area contributed by atoms with Crippen LogP contribution in [0.5, 0.6) is 0 Å². The van der Waals surface area contributed by atoms with E-state index in [4.69, 9.17) is 10.5 Å². The summed E-state index contributed by atoms with van der Waals surface area (Å²) in [4.78, 5) is 11.6. The Bertz CT molecular complexity index is 233. The Kier molecular flexibility index (Phi) is 8.46. The first-order valence-electron chi connectivity index (χ1n) is 6.88. The first-order valence-corrected chi connectivity index (χ1v) is 8.27. The van der Waals surface area contributed by atoms with E-state index in [0.29, 0.717) is 12.6 Å². The zero-order valence-electron chi connectivity index (χ0n) is 11.3. The number of ether oxygens (including phenoxy) is 1. The molecule has 1 atom stereocenters. The van der Waals surface area contributed by atoms with Crippen molar-refractivity contribution < 1.29 is 9.53 Å². The summed E-state index contributed by atoms with van der Waals surface area (Å²) in [7, 11) is 0. The van der Waals surface area contributed by atoms with Gasteiger partial charge in [-0.05, 0) is 37.7 Å². The van der Waals surface area contributed by atoms with Crippen molar-refractivity contribution in [2.45, 2.75) is 50.7 Å². The highest BCUT2D eigenvalue weighted by molar-refractivity contribution is 7.98. The van der Waals surface area contributed by atoms with Crippen LogP contribution in [0, 0.1) is 0 Å². The highest BCUT2D eigenvalue weighted by Gasteiger charge is 2.15. The van der Waals surface area contributed by atoms with Crippen molar-refractivity contribution >= 4 is 17.7 Å². The van der Waals surface area contributed by atoms with Gasteiger partial charge in [0.1, 0.15) is 0 Å². The molecule has 0 saturated heterocycles. The summed E-state index contributed by atoms with van der Waals surface area (Å²) in [6.45, 7) is 1.41. The Hall–Kier alpha value is -0.260. The summed E-state index contributed by atoms with van der Waals surface area (Å²) in [6.07, 6.45) is 9.09. The molecule has 1 aliphatic carbocycles. The van der Waals surface area contributed by atoms with E-state index in [1.54, 1.807) is 11.8 Å². The monoisotopic (exact) mass is 274 g/mol. The van der Waals surface area contributed by atoms with Crippen LogP contribution >= 0.6 is 11.8 Å². The predicted molar refractivity (Wildman–Crippen MR) is 76.8 cm³/mol. The first-order chi connectivity index (χ1) is 8.74. The van der Waals surface area contributed by atoms with Crippen LogP contribution in [-0.4, -0.2) is 43.2 Å². The van der Waals surface area contributed by atoms with Crippen LogP contribution in [0.1, 0.15) is 38.5 Å². The Morgan fingerprint density at radius 1 is 1.50 bits per heavy atom. The van der Waals surface area contributed by atoms with Gasteiger partial charge in [0.05, 0.1) is 12.1 Å². The molecule has 5 heteroatoms. The van der Waals surface area contributed by atoms with Crippen molar-refractivity contribution in [1.82, 2.24) is 5.32 Å². The Labute approximate surface area is 114 Å². The van der Waals surface area contributed by atoms with Gasteiger partial charge in [0.2, 0.25) is 5.91 Å². The number of thioether (sulfide) groups is 1. The highest BCUT2D eigenvalue weighted by Crippen LogP contribution is 2.20. The second-order valence-corrected chi connectivity index (χ2v) is 5.80. The fourth-order valence-corrected chi connectivity index (χ4v) is 2.59. The van der Waals surface area contributed by atoms with Gasteiger partial charge >= 0.3 is 0 Å². The van der Waals surface area contributed by atoms with E-state index >= 15 is 0 Å². The number of hydrogen-bond donors (Lipinski definition) is 2. The maximum atomic E-state index is 11.6. The summed E-state index contributed by atoms with van der Waals surface area (Å²) >= 11 is 1.71. The van der Waals surface area contributed by atoms with Gasteiger partial charge < -0.3 is 15.8 Å². The summed E-state index contributed by atoms with van der Waals surface area (Å²) in [6, 6.07) is -0.367. The minimum Gasteiger partial charge on any atom is -0.378 e. The van der Waals surface area contributed by atoms with Gasteiger partial charge in [-0.2, -0.15) is 11.8 Å². The number of hydrogen-bond acceptors (Lipinski definition) is 4. The summed E-state index contributed by atoms with van der Waals surface area (Å²) in [5.74, 6) is 0.893. The molecule has 0 spiro atoms. The largest absolute Gasteiger partial charge is 0.378 e. The van der Waals surface area contributed by atoms with Gasteiger partial charge in [0.25, 0.3) is 0 Å². The minimum atomic E-state index is -0.367. The van der Waals surface area contributed by atoms with E-state index < -0.39 is 0 Å². The molecule has 1 fully saturated rings. The molecule has 4 nitrogen and oxygen atoms in total. The standard InChI is InChI=1S/C13H26N2O2S/c1-18-10-7-12(14)13(16)15-8-4-9-17-11-5-2-3-6-11/h11-12H,2-10,14H2,1H3,(H,15,16)/t12-/m0/s1. The molecule has 3 N–H and O–H groups in total. The lowest BCUT2D eigenvalue weighted by atomic mass is 10.2. The Morgan fingerprint density at radius 3 is 2.89 bits per heavy atom. The normalized spacial score (nSPS) is 17.9. The average Bonchev–Trinajstić information content (AvgIpc) is 2.88. The first kappa shape index (κ1) is 15.8. The van der Waals surface area contributed by atoms with Crippen molar-refractivity contribution in [3.05, 3.63) is 0 Å². The smallest absolute Gasteiger partial charge is 0.236 e. The highest BCUT2D eigenvalue weighted by atomic mass is 32.2. The number of nitrogens with one attached hydrogen (secondary N) is 1. The van der Waals surface area contributed by atoms with Crippen molar-refractivity contribution in [1.29, 1.82) is 0 Å². The van der Waals surface area contributed by atoms with E-state index in [0.717, 1.165) is 25.2 Å². The Morgan fingerprint density at radius 2 is 2.22 bits per heavy atom. The molecule has 1 saturated carbocycles. The van der Waals surface area contributed by atoms with Crippen LogP contribution in [0.25, 0.3) is 0 Å². The molecule has 18 heavy (non-hydrogen) atoms. The molecule has 0 radical (unpaired) electrons.